The lowest BCUT2D eigenvalue weighted by Crippen LogP contribution is -2.07. The van der Waals surface area contributed by atoms with Crippen molar-refractivity contribution in [2.75, 3.05) is 19.1 Å². The van der Waals surface area contributed by atoms with E-state index in [4.69, 9.17) is 4.74 Å². The molecule has 0 N–H and O–H groups in total. The minimum absolute atomic E-state index is 0.393. The maximum atomic E-state index is 13.2. The first-order chi connectivity index (χ1) is 12.9. The van der Waals surface area contributed by atoms with Crippen LogP contribution < -0.4 is 4.74 Å². The van der Waals surface area contributed by atoms with Gasteiger partial charge in [0.05, 0.1) is 18.5 Å². The van der Waals surface area contributed by atoms with Crippen molar-refractivity contribution in [1.29, 1.82) is 0 Å². The van der Waals surface area contributed by atoms with Gasteiger partial charge in [-0.05, 0) is 54.3 Å². The van der Waals surface area contributed by atoms with Gasteiger partial charge in [0.15, 0.2) is 5.69 Å². The molecule has 2 aromatic carbocycles. The Balaban J connectivity index is 2.03. The van der Waals surface area contributed by atoms with Crippen molar-refractivity contribution in [3.63, 3.8) is 0 Å². The predicted octanol–water partition coefficient (Wildman–Crippen LogP) is 5.47. The van der Waals surface area contributed by atoms with E-state index in [0.717, 1.165) is 23.8 Å². The van der Waals surface area contributed by atoms with Gasteiger partial charge in [-0.25, -0.2) is 4.68 Å². The number of hydrogen-bond donors (Lipinski definition) is 0. The number of rotatable bonds is 6. The van der Waals surface area contributed by atoms with Crippen LogP contribution in [0.25, 0.3) is 16.9 Å². The molecular weight excluding hydrogens is 373 g/mol. The van der Waals surface area contributed by atoms with E-state index >= 15 is 0 Å². The molecule has 0 spiro atoms. The molecule has 1 heterocycles. The number of benzene rings is 2. The zero-order chi connectivity index (χ0) is 19.4. The molecule has 3 rings (SSSR count). The van der Waals surface area contributed by atoms with Gasteiger partial charge >= 0.3 is 6.18 Å². The molecule has 0 aliphatic carbocycles. The number of thioether (sulfide) groups is 1. The van der Waals surface area contributed by atoms with Crippen LogP contribution in [-0.4, -0.2) is 28.9 Å². The predicted molar refractivity (Wildman–Crippen MR) is 103 cm³/mol. The minimum Gasteiger partial charge on any atom is -0.497 e. The van der Waals surface area contributed by atoms with Crippen LogP contribution in [-0.2, 0) is 12.6 Å². The Morgan fingerprint density at radius 3 is 2.26 bits per heavy atom. The van der Waals surface area contributed by atoms with E-state index in [2.05, 4.69) is 5.10 Å². The zero-order valence-corrected chi connectivity index (χ0v) is 15.8. The summed E-state index contributed by atoms with van der Waals surface area (Å²) < 4.78 is 46.1. The maximum Gasteiger partial charge on any atom is 0.435 e. The highest BCUT2D eigenvalue weighted by molar-refractivity contribution is 7.98. The van der Waals surface area contributed by atoms with Gasteiger partial charge in [0.2, 0.25) is 0 Å². The highest BCUT2D eigenvalue weighted by Crippen LogP contribution is 2.33. The van der Waals surface area contributed by atoms with Gasteiger partial charge in [-0.2, -0.15) is 30.0 Å². The van der Waals surface area contributed by atoms with Gasteiger partial charge in [-0.3, -0.25) is 0 Å². The fourth-order valence-corrected chi connectivity index (χ4v) is 3.15. The summed E-state index contributed by atoms with van der Waals surface area (Å²) in [4.78, 5) is 0. The Morgan fingerprint density at radius 2 is 1.70 bits per heavy atom. The van der Waals surface area contributed by atoms with Crippen molar-refractivity contribution in [2.45, 2.75) is 12.6 Å². The maximum absolute atomic E-state index is 13.2. The van der Waals surface area contributed by atoms with E-state index in [9.17, 15) is 13.2 Å². The van der Waals surface area contributed by atoms with E-state index < -0.39 is 11.9 Å². The number of aromatic nitrogens is 2. The Bertz CT molecular complexity index is 887. The molecule has 0 atom stereocenters. The van der Waals surface area contributed by atoms with Crippen molar-refractivity contribution in [2.24, 2.45) is 0 Å². The van der Waals surface area contributed by atoms with Gasteiger partial charge in [-0.15, -0.1) is 0 Å². The topological polar surface area (TPSA) is 27.1 Å². The molecule has 0 saturated heterocycles. The second kappa shape index (κ2) is 8.08. The van der Waals surface area contributed by atoms with E-state index in [1.807, 2.05) is 30.5 Å². The third-order valence-corrected chi connectivity index (χ3v) is 4.77. The van der Waals surface area contributed by atoms with Crippen molar-refractivity contribution < 1.29 is 17.9 Å². The molecule has 3 nitrogen and oxygen atoms in total. The molecule has 0 unspecified atom stereocenters. The smallest absolute Gasteiger partial charge is 0.435 e. The van der Waals surface area contributed by atoms with Crippen LogP contribution >= 0.6 is 11.8 Å². The zero-order valence-electron chi connectivity index (χ0n) is 15.0. The molecule has 0 radical (unpaired) electrons. The van der Waals surface area contributed by atoms with Crippen LogP contribution in [0.4, 0.5) is 13.2 Å². The van der Waals surface area contributed by atoms with Crippen LogP contribution in [0.2, 0.25) is 0 Å². The monoisotopic (exact) mass is 392 g/mol. The molecule has 0 amide bonds. The van der Waals surface area contributed by atoms with Crippen molar-refractivity contribution in [3.05, 3.63) is 65.9 Å². The molecular formula is C20H19F3N2OS. The quantitative estimate of drug-likeness (QED) is 0.556. The molecule has 7 heteroatoms. The Kier molecular flexibility index (Phi) is 5.79. The Morgan fingerprint density at radius 1 is 1.04 bits per heavy atom. The second-order valence-corrected chi connectivity index (χ2v) is 6.95. The SMILES string of the molecule is COc1ccc(-n2nc(C(F)(F)F)cc2-c2ccc(CCSC)cc2)cc1. The lowest BCUT2D eigenvalue weighted by molar-refractivity contribution is -0.141. The van der Waals surface area contributed by atoms with E-state index in [1.54, 1.807) is 36.0 Å². The van der Waals surface area contributed by atoms with Crippen LogP contribution in [0.3, 0.4) is 0 Å². The van der Waals surface area contributed by atoms with Crippen molar-refractivity contribution in [1.82, 2.24) is 9.78 Å². The molecule has 0 aliphatic heterocycles. The molecule has 1 aromatic heterocycles. The summed E-state index contributed by atoms with van der Waals surface area (Å²) in [5, 5.41) is 3.80. The summed E-state index contributed by atoms with van der Waals surface area (Å²) in [5.41, 5.74) is 1.85. The van der Waals surface area contributed by atoms with Gasteiger partial charge in [0.1, 0.15) is 5.75 Å². The first-order valence-corrected chi connectivity index (χ1v) is 9.71. The lowest BCUT2D eigenvalue weighted by atomic mass is 10.1. The largest absolute Gasteiger partial charge is 0.497 e. The molecule has 142 valence electrons. The van der Waals surface area contributed by atoms with Crippen LogP contribution in [0.15, 0.2) is 54.6 Å². The number of nitrogens with zero attached hydrogens (tertiary/aromatic N) is 2. The number of aryl methyl sites for hydroxylation is 1. The normalized spacial score (nSPS) is 11.6. The Labute approximate surface area is 160 Å². The third-order valence-electron chi connectivity index (χ3n) is 4.16. The average molecular weight is 392 g/mol. The second-order valence-electron chi connectivity index (χ2n) is 5.96. The number of ether oxygens (including phenoxy) is 1. The van der Waals surface area contributed by atoms with Crippen LogP contribution in [0.5, 0.6) is 5.75 Å². The molecule has 3 aromatic rings. The lowest BCUT2D eigenvalue weighted by Gasteiger charge is -2.09. The highest BCUT2D eigenvalue weighted by Gasteiger charge is 2.35. The van der Waals surface area contributed by atoms with Gasteiger partial charge in [-0.1, -0.05) is 24.3 Å². The Hall–Kier alpha value is -2.41. The first kappa shape index (κ1) is 19.4. The van der Waals surface area contributed by atoms with E-state index in [1.165, 1.54) is 11.8 Å². The summed E-state index contributed by atoms with van der Waals surface area (Å²) in [6.45, 7) is 0. The summed E-state index contributed by atoms with van der Waals surface area (Å²) >= 11 is 1.76. The molecule has 0 aliphatic rings. The third kappa shape index (κ3) is 4.47. The highest BCUT2D eigenvalue weighted by atomic mass is 32.2. The standard InChI is InChI=1S/C20H19F3N2OS/c1-26-17-9-7-16(8-10-17)25-18(13-19(24-25)20(21,22)23)15-5-3-14(4-6-15)11-12-27-2/h3-10,13H,11-12H2,1-2H3. The summed E-state index contributed by atoms with van der Waals surface area (Å²) in [6, 6.07) is 15.4. The molecule has 27 heavy (non-hydrogen) atoms. The minimum atomic E-state index is -4.51. The number of halogens is 3. The first-order valence-electron chi connectivity index (χ1n) is 8.32. The fourth-order valence-electron chi connectivity index (χ4n) is 2.71. The molecule has 0 bridgehead atoms. The number of alkyl halides is 3. The number of hydrogen-bond acceptors (Lipinski definition) is 3. The van der Waals surface area contributed by atoms with Crippen LogP contribution in [0.1, 0.15) is 11.3 Å². The van der Waals surface area contributed by atoms with E-state index in [0.29, 0.717) is 22.7 Å². The average Bonchev–Trinajstić information content (AvgIpc) is 3.13. The molecule has 0 saturated carbocycles. The van der Waals surface area contributed by atoms with Crippen molar-refractivity contribution >= 4 is 11.8 Å². The number of methoxy groups -OCH3 is 1. The van der Waals surface area contributed by atoms with Crippen LogP contribution in [0, 0.1) is 0 Å². The van der Waals surface area contributed by atoms with Gasteiger partial charge < -0.3 is 4.74 Å². The molecule has 0 fully saturated rings. The van der Waals surface area contributed by atoms with Gasteiger partial charge in [0, 0.05) is 5.56 Å². The summed E-state index contributed by atoms with van der Waals surface area (Å²) in [5.74, 6) is 1.63. The summed E-state index contributed by atoms with van der Waals surface area (Å²) in [6.07, 6.45) is -1.54. The van der Waals surface area contributed by atoms with Gasteiger partial charge in [0.25, 0.3) is 0 Å². The van der Waals surface area contributed by atoms with Crippen molar-refractivity contribution in [3.8, 4) is 22.7 Å². The fraction of sp³-hybridized carbons (Fsp3) is 0.250. The summed E-state index contributed by atoms with van der Waals surface area (Å²) in [7, 11) is 1.54. The van der Waals surface area contributed by atoms with E-state index in [-0.39, 0.29) is 0 Å².